The molecule has 0 saturated carbocycles. The molecule has 3 heterocycles. The molecule has 0 aromatic heterocycles. The van der Waals surface area contributed by atoms with Gasteiger partial charge in [0.25, 0.3) is 0 Å². The summed E-state index contributed by atoms with van der Waals surface area (Å²) < 4.78 is 26.7. The summed E-state index contributed by atoms with van der Waals surface area (Å²) in [6, 6.07) is 0. The first-order valence-electron chi connectivity index (χ1n) is 10.4. The van der Waals surface area contributed by atoms with E-state index in [-0.39, 0.29) is 0 Å². The predicted octanol–water partition coefficient (Wildman–Crippen LogP) is -6.55. The zero-order valence-corrected chi connectivity index (χ0v) is 17.6. The van der Waals surface area contributed by atoms with E-state index in [4.69, 9.17) is 23.7 Å². The lowest BCUT2D eigenvalue weighted by molar-refractivity contribution is -0.386. The number of ether oxygens (including phenoxy) is 5. The molecule has 3 saturated heterocycles. The van der Waals surface area contributed by atoms with E-state index in [0.29, 0.717) is 0 Å². The summed E-state index contributed by atoms with van der Waals surface area (Å²) in [7, 11) is 0. The Kier molecular flexibility index (Phi) is 8.99. The molecular formula is C18H32O15. The molecule has 15 heteroatoms. The van der Waals surface area contributed by atoms with Crippen LogP contribution in [-0.2, 0) is 23.7 Å². The summed E-state index contributed by atoms with van der Waals surface area (Å²) >= 11 is 0. The monoisotopic (exact) mass is 488 g/mol. The van der Waals surface area contributed by atoms with Gasteiger partial charge in [0, 0.05) is 0 Å². The van der Waals surface area contributed by atoms with Gasteiger partial charge in [-0.05, 0) is 6.92 Å². The van der Waals surface area contributed by atoms with Gasteiger partial charge >= 0.3 is 0 Å². The van der Waals surface area contributed by atoms with Crippen molar-refractivity contribution in [2.75, 3.05) is 13.2 Å². The van der Waals surface area contributed by atoms with E-state index in [1.807, 2.05) is 0 Å². The Morgan fingerprint density at radius 1 is 0.545 bits per heavy atom. The lowest BCUT2D eigenvalue weighted by Gasteiger charge is -2.48. The van der Waals surface area contributed by atoms with Crippen LogP contribution in [0.1, 0.15) is 6.92 Å². The Labute approximate surface area is 187 Å². The minimum absolute atomic E-state index is 0.747. The van der Waals surface area contributed by atoms with Gasteiger partial charge in [-0.15, -0.1) is 0 Å². The second kappa shape index (κ2) is 11.0. The highest BCUT2D eigenvalue weighted by atomic mass is 16.8. The summed E-state index contributed by atoms with van der Waals surface area (Å²) in [5, 5.41) is 100.0. The third-order valence-corrected chi connectivity index (χ3v) is 6.06. The van der Waals surface area contributed by atoms with Crippen LogP contribution in [0.15, 0.2) is 0 Å². The molecule has 0 aliphatic carbocycles. The third-order valence-electron chi connectivity index (χ3n) is 6.06. The molecular weight excluding hydrogens is 456 g/mol. The Bertz CT molecular complexity index is 624. The summed E-state index contributed by atoms with van der Waals surface area (Å²) in [6.45, 7) is -0.115. The first kappa shape index (κ1) is 27.0. The SMILES string of the molecule is C[C@@H]1O[C@H](O[C@@H]2[C@@H](O[C@H]3O[C@H](CO)[C@@H](O)[C@H](O)[C@@H]3O)[C@H](O)[C@@H](CO)O[C@H]2O)[C@@H](O)[C@H](O)[C@@H]1O. The second-order valence-electron chi connectivity index (χ2n) is 8.32. The average molecular weight is 488 g/mol. The minimum atomic E-state index is -1.88. The molecule has 0 amide bonds. The van der Waals surface area contributed by atoms with Gasteiger partial charge in [0.1, 0.15) is 67.1 Å². The Morgan fingerprint density at radius 2 is 1.03 bits per heavy atom. The van der Waals surface area contributed by atoms with Crippen LogP contribution in [0.2, 0.25) is 0 Å². The van der Waals surface area contributed by atoms with Crippen LogP contribution in [0.25, 0.3) is 0 Å². The molecule has 0 unspecified atom stereocenters. The molecule has 194 valence electrons. The van der Waals surface area contributed by atoms with Gasteiger partial charge in [0.15, 0.2) is 18.9 Å². The van der Waals surface area contributed by atoms with Crippen LogP contribution in [0.4, 0.5) is 0 Å². The molecule has 15 atom stereocenters. The van der Waals surface area contributed by atoms with Gasteiger partial charge < -0.3 is 74.7 Å². The maximum Gasteiger partial charge on any atom is 0.187 e. The van der Waals surface area contributed by atoms with E-state index in [0.717, 1.165) is 0 Å². The fourth-order valence-corrected chi connectivity index (χ4v) is 3.97. The Balaban J connectivity index is 1.82. The van der Waals surface area contributed by atoms with Crippen molar-refractivity contribution in [1.82, 2.24) is 0 Å². The highest BCUT2D eigenvalue weighted by molar-refractivity contribution is 4.96. The number of hydrogen-bond donors (Lipinski definition) is 10. The summed E-state index contributed by atoms with van der Waals surface area (Å²) in [5.41, 5.74) is 0. The highest BCUT2D eigenvalue weighted by Gasteiger charge is 2.53. The Hall–Kier alpha value is -0.600. The fraction of sp³-hybridized carbons (Fsp3) is 1.00. The maximum absolute atomic E-state index is 10.6. The van der Waals surface area contributed by atoms with Crippen molar-refractivity contribution in [3.05, 3.63) is 0 Å². The van der Waals surface area contributed by atoms with Crippen LogP contribution >= 0.6 is 0 Å². The number of aliphatic hydroxyl groups excluding tert-OH is 10. The van der Waals surface area contributed by atoms with Crippen LogP contribution in [0, 0.1) is 0 Å². The van der Waals surface area contributed by atoms with Gasteiger partial charge in [-0.3, -0.25) is 0 Å². The van der Waals surface area contributed by atoms with E-state index in [2.05, 4.69) is 0 Å². The van der Waals surface area contributed by atoms with Gasteiger partial charge in [-0.1, -0.05) is 0 Å². The lowest BCUT2D eigenvalue weighted by atomic mass is 9.96. The average Bonchev–Trinajstić information content (AvgIpc) is 2.79. The molecule has 33 heavy (non-hydrogen) atoms. The number of hydrogen-bond acceptors (Lipinski definition) is 15. The van der Waals surface area contributed by atoms with Crippen LogP contribution in [0.5, 0.6) is 0 Å². The van der Waals surface area contributed by atoms with Crippen molar-refractivity contribution < 1.29 is 74.7 Å². The zero-order valence-electron chi connectivity index (χ0n) is 17.6. The number of aliphatic hydroxyl groups is 10. The quantitative estimate of drug-likeness (QED) is 0.167. The molecule has 3 aliphatic heterocycles. The topological polar surface area (TPSA) is 248 Å². The fourth-order valence-electron chi connectivity index (χ4n) is 3.97. The van der Waals surface area contributed by atoms with Gasteiger partial charge in [-0.2, -0.15) is 0 Å². The van der Waals surface area contributed by atoms with Gasteiger partial charge in [0.05, 0.1) is 19.3 Å². The molecule has 3 rings (SSSR count). The van der Waals surface area contributed by atoms with Crippen molar-refractivity contribution >= 4 is 0 Å². The van der Waals surface area contributed by atoms with Gasteiger partial charge in [0.2, 0.25) is 0 Å². The molecule has 0 aromatic rings. The molecule has 10 N–H and O–H groups in total. The molecule has 3 aliphatic rings. The molecule has 15 nitrogen and oxygen atoms in total. The molecule has 0 aromatic carbocycles. The molecule has 0 spiro atoms. The molecule has 0 bridgehead atoms. The van der Waals surface area contributed by atoms with Crippen molar-refractivity contribution in [3.63, 3.8) is 0 Å². The molecule has 0 radical (unpaired) electrons. The van der Waals surface area contributed by atoms with E-state index in [1.54, 1.807) is 0 Å². The first-order chi connectivity index (χ1) is 15.5. The second-order valence-corrected chi connectivity index (χ2v) is 8.32. The Morgan fingerprint density at radius 3 is 1.61 bits per heavy atom. The molecule has 3 fully saturated rings. The van der Waals surface area contributed by atoms with Crippen LogP contribution < -0.4 is 0 Å². The summed E-state index contributed by atoms with van der Waals surface area (Å²) in [6.07, 6.45) is -24.1. The normalized spacial score (nSPS) is 53.7. The van der Waals surface area contributed by atoms with Crippen molar-refractivity contribution in [2.45, 2.75) is 99.0 Å². The van der Waals surface area contributed by atoms with E-state index in [1.165, 1.54) is 6.92 Å². The number of rotatable bonds is 6. The van der Waals surface area contributed by atoms with Crippen molar-refractivity contribution in [1.29, 1.82) is 0 Å². The van der Waals surface area contributed by atoms with Crippen molar-refractivity contribution in [3.8, 4) is 0 Å². The lowest BCUT2D eigenvalue weighted by Crippen LogP contribution is -2.66. The van der Waals surface area contributed by atoms with Crippen LogP contribution in [-0.4, -0.2) is 156 Å². The van der Waals surface area contributed by atoms with E-state index in [9.17, 15) is 51.1 Å². The first-order valence-corrected chi connectivity index (χ1v) is 10.4. The van der Waals surface area contributed by atoms with E-state index < -0.39 is 105 Å². The van der Waals surface area contributed by atoms with Gasteiger partial charge in [-0.25, -0.2) is 0 Å². The maximum atomic E-state index is 10.6. The van der Waals surface area contributed by atoms with Crippen molar-refractivity contribution in [2.24, 2.45) is 0 Å². The standard InChI is InChI=1S/C18H32O15/c1-4-7(21)10(24)12(26)17(29-4)33-15-14(9(23)6(3-20)30-16(15)28)32-18-13(27)11(25)8(22)5(2-19)31-18/h4-28H,2-3H2,1H3/t4-,5+,6+,7+,8+,9+,10+,11-,12-,13-,14-,15+,16+,17+,18+/m0/s1. The van der Waals surface area contributed by atoms with Crippen LogP contribution in [0.3, 0.4) is 0 Å². The summed E-state index contributed by atoms with van der Waals surface area (Å²) in [5.74, 6) is 0. The highest BCUT2D eigenvalue weighted by Crippen LogP contribution is 2.32. The third kappa shape index (κ3) is 5.32. The largest absolute Gasteiger partial charge is 0.394 e. The smallest absolute Gasteiger partial charge is 0.187 e. The summed E-state index contributed by atoms with van der Waals surface area (Å²) in [4.78, 5) is 0. The predicted molar refractivity (Wildman–Crippen MR) is 99.8 cm³/mol. The van der Waals surface area contributed by atoms with E-state index >= 15 is 0 Å². The zero-order chi connectivity index (χ0) is 24.6. The minimum Gasteiger partial charge on any atom is -0.394 e.